The van der Waals surface area contributed by atoms with Crippen LogP contribution in [0.4, 0.5) is 5.69 Å². The molecule has 0 saturated carbocycles. The Morgan fingerprint density at radius 2 is 2.10 bits per heavy atom. The molecule has 5 heteroatoms. The van der Waals surface area contributed by atoms with Gasteiger partial charge >= 0.3 is 0 Å². The summed E-state index contributed by atoms with van der Waals surface area (Å²) in [7, 11) is 3.22. The lowest BCUT2D eigenvalue weighted by molar-refractivity contribution is 0.0780. The molecule has 2 rings (SSSR count). The summed E-state index contributed by atoms with van der Waals surface area (Å²) in [6.45, 7) is 0.428. The smallest absolute Gasteiger partial charge is 0.257 e. The molecule has 1 aromatic carbocycles. The van der Waals surface area contributed by atoms with Crippen LogP contribution in [0.25, 0.3) is 0 Å². The maximum absolute atomic E-state index is 12.4. The molecule has 0 aliphatic heterocycles. The second kappa shape index (κ2) is 6.06. The van der Waals surface area contributed by atoms with Gasteiger partial charge in [0.15, 0.2) is 5.75 Å². The van der Waals surface area contributed by atoms with Crippen molar-refractivity contribution in [2.24, 2.45) is 0 Å². The molecule has 5 nitrogen and oxygen atoms in total. The Kier molecular flexibility index (Phi) is 4.20. The van der Waals surface area contributed by atoms with E-state index in [9.17, 15) is 4.79 Å². The van der Waals surface area contributed by atoms with Crippen molar-refractivity contribution in [1.82, 2.24) is 9.88 Å². The number of nitrogens with zero attached hydrogens (tertiary/aromatic N) is 2. The Hall–Kier alpha value is -2.56. The van der Waals surface area contributed by atoms with E-state index in [1.165, 1.54) is 7.11 Å². The topological polar surface area (TPSA) is 68.5 Å². The van der Waals surface area contributed by atoms with Crippen molar-refractivity contribution in [1.29, 1.82) is 0 Å². The van der Waals surface area contributed by atoms with Crippen molar-refractivity contribution in [3.63, 3.8) is 0 Å². The van der Waals surface area contributed by atoms with Gasteiger partial charge in [-0.1, -0.05) is 12.1 Å². The Morgan fingerprint density at radius 3 is 2.75 bits per heavy atom. The highest BCUT2D eigenvalue weighted by Crippen LogP contribution is 2.27. The highest BCUT2D eigenvalue weighted by Gasteiger charge is 2.18. The number of nitrogens with two attached hydrogens (primary N) is 1. The number of rotatable bonds is 4. The lowest BCUT2D eigenvalue weighted by atomic mass is 10.1. The molecule has 0 aliphatic rings. The monoisotopic (exact) mass is 271 g/mol. The van der Waals surface area contributed by atoms with Gasteiger partial charge in [0.05, 0.1) is 30.6 Å². The zero-order valence-electron chi connectivity index (χ0n) is 11.5. The summed E-state index contributed by atoms with van der Waals surface area (Å²) in [5, 5.41) is 0. The SMILES string of the molecule is COc1c(N)cccc1C(=O)N(C)Cc1ccccn1. The number of amides is 1. The second-order valence-electron chi connectivity index (χ2n) is 4.41. The van der Waals surface area contributed by atoms with Crippen LogP contribution < -0.4 is 10.5 Å². The number of carbonyl (C=O) groups is 1. The number of hydrogen-bond acceptors (Lipinski definition) is 4. The number of methoxy groups -OCH3 is 1. The minimum absolute atomic E-state index is 0.153. The quantitative estimate of drug-likeness (QED) is 0.863. The van der Waals surface area contributed by atoms with Crippen molar-refractivity contribution < 1.29 is 9.53 Å². The van der Waals surface area contributed by atoms with E-state index in [0.717, 1.165) is 5.69 Å². The molecule has 0 fully saturated rings. The molecule has 0 radical (unpaired) electrons. The van der Waals surface area contributed by atoms with Crippen LogP contribution in [0.1, 0.15) is 16.1 Å². The van der Waals surface area contributed by atoms with E-state index in [-0.39, 0.29) is 5.91 Å². The minimum atomic E-state index is -0.153. The molecular weight excluding hydrogens is 254 g/mol. The van der Waals surface area contributed by atoms with Gasteiger partial charge in [0.1, 0.15) is 0 Å². The summed E-state index contributed by atoms with van der Waals surface area (Å²) in [5.74, 6) is 0.255. The van der Waals surface area contributed by atoms with Crippen LogP contribution in [-0.2, 0) is 6.54 Å². The first-order chi connectivity index (χ1) is 9.63. The van der Waals surface area contributed by atoms with Gasteiger partial charge < -0.3 is 15.4 Å². The number of benzene rings is 1. The Morgan fingerprint density at radius 1 is 1.30 bits per heavy atom. The molecule has 2 aromatic rings. The number of hydrogen-bond donors (Lipinski definition) is 1. The van der Waals surface area contributed by atoms with Crippen LogP contribution in [0.5, 0.6) is 5.75 Å². The molecule has 0 bridgehead atoms. The van der Waals surface area contributed by atoms with Gasteiger partial charge in [-0.2, -0.15) is 0 Å². The Labute approximate surface area is 118 Å². The van der Waals surface area contributed by atoms with Gasteiger partial charge in [-0.25, -0.2) is 0 Å². The summed E-state index contributed by atoms with van der Waals surface area (Å²) >= 11 is 0. The lowest BCUT2D eigenvalue weighted by Crippen LogP contribution is -2.27. The van der Waals surface area contributed by atoms with Crippen LogP contribution in [-0.4, -0.2) is 29.9 Å². The molecule has 0 aliphatic carbocycles. The number of pyridine rings is 1. The Bertz CT molecular complexity index is 599. The van der Waals surface area contributed by atoms with E-state index >= 15 is 0 Å². The molecule has 1 aromatic heterocycles. The minimum Gasteiger partial charge on any atom is -0.494 e. The van der Waals surface area contributed by atoms with Crippen LogP contribution >= 0.6 is 0 Å². The first kappa shape index (κ1) is 13.9. The maximum atomic E-state index is 12.4. The van der Waals surface area contributed by atoms with Gasteiger partial charge in [0.25, 0.3) is 5.91 Å². The fraction of sp³-hybridized carbons (Fsp3) is 0.200. The van der Waals surface area contributed by atoms with E-state index in [1.54, 1.807) is 36.3 Å². The third-order valence-corrected chi connectivity index (χ3v) is 2.95. The highest BCUT2D eigenvalue weighted by atomic mass is 16.5. The summed E-state index contributed by atoms with van der Waals surface area (Å²) in [4.78, 5) is 18.2. The molecule has 1 heterocycles. The number of ether oxygens (including phenoxy) is 1. The average Bonchev–Trinajstić information content (AvgIpc) is 2.47. The van der Waals surface area contributed by atoms with E-state index in [0.29, 0.717) is 23.5 Å². The summed E-state index contributed by atoms with van der Waals surface area (Å²) < 4.78 is 5.21. The predicted octanol–water partition coefficient (Wildman–Crippen LogP) is 1.94. The molecule has 0 unspecified atom stereocenters. The number of carbonyl (C=O) groups excluding carboxylic acids is 1. The highest BCUT2D eigenvalue weighted by molar-refractivity contribution is 5.98. The lowest BCUT2D eigenvalue weighted by Gasteiger charge is -2.18. The zero-order valence-corrected chi connectivity index (χ0v) is 11.5. The van der Waals surface area contributed by atoms with E-state index in [1.807, 2.05) is 18.2 Å². The predicted molar refractivity (Wildman–Crippen MR) is 77.4 cm³/mol. The van der Waals surface area contributed by atoms with E-state index < -0.39 is 0 Å². The van der Waals surface area contributed by atoms with Crippen molar-refractivity contribution in [3.05, 3.63) is 53.9 Å². The summed E-state index contributed by atoms with van der Waals surface area (Å²) in [6.07, 6.45) is 1.70. The van der Waals surface area contributed by atoms with Crippen molar-refractivity contribution in [2.75, 3.05) is 19.9 Å². The average molecular weight is 271 g/mol. The van der Waals surface area contributed by atoms with E-state index in [4.69, 9.17) is 10.5 Å². The number of aromatic nitrogens is 1. The van der Waals surface area contributed by atoms with Crippen molar-refractivity contribution in [3.8, 4) is 5.75 Å². The standard InChI is InChI=1S/C15H17N3O2/c1-18(10-11-6-3-4-9-17-11)15(19)12-7-5-8-13(16)14(12)20-2/h3-9H,10,16H2,1-2H3. The second-order valence-corrected chi connectivity index (χ2v) is 4.41. The zero-order chi connectivity index (χ0) is 14.5. The fourth-order valence-electron chi connectivity index (χ4n) is 1.96. The van der Waals surface area contributed by atoms with Crippen LogP contribution in [0.3, 0.4) is 0 Å². The van der Waals surface area contributed by atoms with Crippen molar-refractivity contribution in [2.45, 2.75) is 6.54 Å². The van der Waals surface area contributed by atoms with Crippen LogP contribution in [0.15, 0.2) is 42.6 Å². The number of anilines is 1. The number of nitrogen functional groups attached to an aromatic ring is 1. The Balaban J connectivity index is 2.21. The van der Waals surface area contributed by atoms with Gasteiger partial charge in [-0.3, -0.25) is 9.78 Å². The molecule has 20 heavy (non-hydrogen) atoms. The van der Waals surface area contributed by atoms with Gasteiger partial charge in [-0.15, -0.1) is 0 Å². The van der Waals surface area contributed by atoms with Crippen LogP contribution in [0, 0.1) is 0 Å². The summed E-state index contributed by atoms with van der Waals surface area (Å²) in [5.41, 5.74) is 7.54. The first-order valence-electron chi connectivity index (χ1n) is 6.21. The normalized spacial score (nSPS) is 10.1. The largest absolute Gasteiger partial charge is 0.494 e. The van der Waals surface area contributed by atoms with Gasteiger partial charge in [0.2, 0.25) is 0 Å². The first-order valence-corrected chi connectivity index (χ1v) is 6.21. The maximum Gasteiger partial charge on any atom is 0.257 e. The van der Waals surface area contributed by atoms with Gasteiger partial charge in [0, 0.05) is 13.2 Å². The fourth-order valence-corrected chi connectivity index (χ4v) is 1.96. The molecule has 1 amide bonds. The number of para-hydroxylation sites is 1. The molecule has 2 N–H and O–H groups in total. The third-order valence-electron chi connectivity index (χ3n) is 2.95. The molecule has 0 atom stereocenters. The molecular formula is C15H17N3O2. The van der Waals surface area contributed by atoms with Crippen molar-refractivity contribution >= 4 is 11.6 Å². The van der Waals surface area contributed by atoms with Gasteiger partial charge in [-0.05, 0) is 24.3 Å². The van der Waals surface area contributed by atoms with Crippen LogP contribution in [0.2, 0.25) is 0 Å². The molecule has 0 spiro atoms. The third kappa shape index (κ3) is 2.88. The summed E-state index contributed by atoms with van der Waals surface area (Å²) in [6, 6.07) is 10.7. The molecule has 0 saturated heterocycles. The van der Waals surface area contributed by atoms with E-state index in [2.05, 4.69) is 4.98 Å². The molecule has 104 valence electrons.